The number of aromatic nitrogens is 5. The van der Waals surface area contributed by atoms with Crippen molar-refractivity contribution in [3.63, 3.8) is 0 Å². The van der Waals surface area contributed by atoms with Gasteiger partial charge in [-0.1, -0.05) is 5.16 Å². The highest BCUT2D eigenvalue weighted by Crippen LogP contribution is 2.28. The number of aryl methyl sites for hydroxylation is 2. The van der Waals surface area contributed by atoms with Crippen LogP contribution in [0.4, 0.5) is 23.7 Å². The van der Waals surface area contributed by atoms with E-state index in [1.165, 1.54) is 18.0 Å². The van der Waals surface area contributed by atoms with Crippen LogP contribution >= 0.6 is 0 Å². The van der Waals surface area contributed by atoms with Crippen molar-refractivity contribution in [1.82, 2.24) is 25.1 Å². The Morgan fingerprint density at radius 2 is 1.87 bits per heavy atom. The fraction of sp³-hybridized carbons (Fsp3) is 0.333. The van der Waals surface area contributed by atoms with E-state index in [4.69, 9.17) is 4.74 Å². The highest BCUT2D eigenvalue weighted by Gasteiger charge is 2.38. The van der Waals surface area contributed by atoms with Crippen molar-refractivity contribution >= 4 is 11.8 Å². The van der Waals surface area contributed by atoms with Gasteiger partial charge >= 0.3 is 18.2 Å². The number of hydrogen-bond donors (Lipinski definition) is 1. The van der Waals surface area contributed by atoms with E-state index in [1.807, 2.05) is 6.07 Å². The van der Waals surface area contributed by atoms with E-state index in [2.05, 4.69) is 34.9 Å². The summed E-state index contributed by atoms with van der Waals surface area (Å²) in [7, 11) is 0. The minimum Gasteiger partial charge on any atom is -0.444 e. The van der Waals surface area contributed by atoms with Gasteiger partial charge in [0, 0.05) is 17.5 Å². The summed E-state index contributed by atoms with van der Waals surface area (Å²) in [6, 6.07) is 1.99. The zero-order chi connectivity index (χ0) is 21.1. The minimum absolute atomic E-state index is 0.0497. The summed E-state index contributed by atoms with van der Waals surface area (Å²) < 4.78 is 46.8. The van der Waals surface area contributed by atoms with Crippen LogP contribution < -0.4 is 5.32 Å². The normalized spacial score (nSPS) is 13.6. The third kappa shape index (κ3) is 4.53. The molecule has 0 radical (unpaired) electrons. The highest BCUT2D eigenvalue weighted by atomic mass is 19.4. The molecule has 0 saturated carbocycles. The van der Waals surface area contributed by atoms with Crippen molar-refractivity contribution in [2.75, 3.05) is 5.32 Å². The predicted octanol–water partition coefficient (Wildman–Crippen LogP) is 3.57. The molecule has 9 nitrogen and oxygen atoms in total. The van der Waals surface area contributed by atoms with Gasteiger partial charge in [0.05, 0.1) is 18.1 Å². The van der Waals surface area contributed by atoms with E-state index in [1.54, 1.807) is 6.20 Å². The first-order valence-electron chi connectivity index (χ1n) is 9.02. The first-order valence-corrected chi connectivity index (χ1v) is 9.02. The fourth-order valence-electron chi connectivity index (χ4n) is 2.96. The first kappa shape index (κ1) is 19.7. The molecule has 1 N–H and O–H groups in total. The Balaban J connectivity index is 1.33. The number of hydrogen-bond acceptors (Lipinski definition) is 8. The molecule has 0 atom stereocenters. The van der Waals surface area contributed by atoms with Gasteiger partial charge in [-0.15, -0.1) is 0 Å². The summed E-state index contributed by atoms with van der Waals surface area (Å²) >= 11 is 0. The van der Waals surface area contributed by atoms with E-state index in [0.717, 1.165) is 36.9 Å². The second kappa shape index (κ2) is 8.05. The lowest BCUT2D eigenvalue weighted by Crippen LogP contribution is -2.14. The molecule has 0 fully saturated rings. The Morgan fingerprint density at radius 3 is 2.60 bits per heavy atom. The number of amides is 1. The topological polar surface area (TPSA) is 116 Å². The van der Waals surface area contributed by atoms with Crippen molar-refractivity contribution in [2.45, 2.75) is 38.5 Å². The molecule has 1 aliphatic carbocycles. The van der Waals surface area contributed by atoms with E-state index in [-0.39, 0.29) is 18.1 Å². The number of nitrogens with one attached hydrogen (secondary N) is 1. The molecule has 30 heavy (non-hydrogen) atoms. The summed E-state index contributed by atoms with van der Waals surface area (Å²) in [6.45, 7) is 0.0497. The molecule has 0 saturated heterocycles. The molecule has 1 aliphatic rings. The molecule has 3 aromatic heterocycles. The number of ether oxygens (including phenoxy) is 1. The van der Waals surface area contributed by atoms with Gasteiger partial charge in [-0.2, -0.15) is 18.2 Å². The molecule has 0 spiro atoms. The lowest BCUT2D eigenvalue weighted by atomic mass is 9.95. The molecule has 0 aliphatic heterocycles. The lowest BCUT2D eigenvalue weighted by molar-refractivity contribution is -0.159. The predicted molar refractivity (Wildman–Crippen MR) is 95.0 cm³/mol. The summed E-state index contributed by atoms with van der Waals surface area (Å²) in [6.07, 6.45) is 2.76. The van der Waals surface area contributed by atoms with E-state index in [0.29, 0.717) is 0 Å². The summed E-state index contributed by atoms with van der Waals surface area (Å²) in [4.78, 5) is 27.2. The molecule has 156 valence electrons. The van der Waals surface area contributed by atoms with Crippen molar-refractivity contribution in [2.24, 2.45) is 0 Å². The molecule has 3 aromatic rings. The third-order valence-corrected chi connectivity index (χ3v) is 4.36. The van der Waals surface area contributed by atoms with Gasteiger partial charge in [0.1, 0.15) is 6.61 Å². The van der Waals surface area contributed by atoms with Crippen molar-refractivity contribution in [3.8, 4) is 11.6 Å². The van der Waals surface area contributed by atoms with Gasteiger partial charge in [-0.05, 0) is 37.3 Å². The molecular formula is C18H15F3N6O3. The Morgan fingerprint density at radius 1 is 1.10 bits per heavy atom. The van der Waals surface area contributed by atoms with E-state index < -0.39 is 24.0 Å². The van der Waals surface area contributed by atoms with Crippen LogP contribution in [0.25, 0.3) is 11.6 Å². The van der Waals surface area contributed by atoms with Crippen molar-refractivity contribution < 1.29 is 27.2 Å². The molecular weight excluding hydrogens is 405 g/mol. The van der Waals surface area contributed by atoms with Gasteiger partial charge < -0.3 is 9.26 Å². The maximum absolute atomic E-state index is 12.5. The largest absolute Gasteiger partial charge is 0.471 e. The van der Waals surface area contributed by atoms with Gasteiger partial charge in [0.25, 0.3) is 0 Å². The quantitative estimate of drug-likeness (QED) is 0.681. The van der Waals surface area contributed by atoms with Crippen LogP contribution in [-0.2, 0) is 30.4 Å². The minimum atomic E-state index is -4.76. The molecule has 0 bridgehead atoms. The number of alkyl halides is 3. The third-order valence-electron chi connectivity index (χ3n) is 4.36. The van der Waals surface area contributed by atoms with Crippen LogP contribution in [-0.4, -0.2) is 31.2 Å². The first-order chi connectivity index (χ1) is 14.4. The molecule has 3 heterocycles. The van der Waals surface area contributed by atoms with Crippen LogP contribution in [0.3, 0.4) is 0 Å². The number of nitrogens with zero attached hydrogens (tertiary/aromatic N) is 5. The van der Waals surface area contributed by atoms with E-state index >= 15 is 0 Å². The van der Waals surface area contributed by atoms with E-state index in [9.17, 15) is 18.0 Å². The Kier molecular flexibility index (Phi) is 5.29. The molecule has 0 unspecified atom stereocenters. The van der Waals surface area contributed by atoms with Gasteiger partial charge in [-0.25, -0.2) is 14.8 Å². The second-order valence-corrected chi connectivity index (χ2v) is 6.57. The Labute approximate surface area is 167 Å². The molecule has 4 rings (SSSR count). The Hall–Kier alpha value is -3.57. The fourth-order valence-corrected chi connectivity index (χ4v) is 2.96. The monoisotopic (exact) mass is 420 g/mol. The van der Waals surface area contributed by atoms with Crippen LogP contribution in [0, 0.1) is 0 Å². The smallest absolute Gasteiger partial charge is 0.444 e. The zero-order valence-electron chi connectivity index (χ0n) is 15.4. The van der Waals surface area contributed by atoms with Crippen LogP contribution in [0.5, 0.6) is 0 Å². The average Bonchev–Trinajstić information content (AvgIpc) is 3.23. The maximum atomic E-state index is 12.5. The van der Waals surface area contributed by atoms with Crippen LogP contribution in [0.1, 0.15) is 35.6 Å². The van der Waals surface area contributed by atoms with Gasteiger partial charge in [0.2, 0.25) is 11.6 Å². The standard InChI is InChI=1S/C18H15F3N6O3/c19-18(20,21)16-26-15(27-30-16)14-23-7-12(8-24-14)25-17(28)29-9-10-5-11-3-1-2-4-13(11)22-6-10/h5-8H,1-4,9H2,(H,25,28). The number of carbonyl (C=O) groups is 1. The Bertz CT molecular complexity index is 1050. The summed E-state index contributed by atoms with van der Waals surface area (Å²) in [5, 5.41) is 5.62. The molecule has 0 aromatic carbocycles. The number of pyridine rings is 1. The van der Waals surface area contributed by atoms with Crippen LogP contribution in [0.2, 0.25) is 0 Å². The zero-order valence-corrected chi connectivity index (χ0v) is 15.4. The lowest BCUT2D eigenvalue weighted by Gasteiger charge is -2.15. The van der Waals surface area contributed by atoms with Gasteiger partial charge in [0.15, 0.2) is 0 Å². The van der Waals surface area contributed by atoms with Crippen molar-refractivity contribution in [3.05, 3.63) is 47.4 Å². The van der Waals surface area contributed by atoms with Gasteiger partial charge in [-0.3, -0.25) is 10.3 Å². The van der Waals surface area contributed by atoms with Crippen LogP contribution in [0.15, 0.2) is 29.2 Å². The second-order valence-electron chi connectivity index (χ2n) is 6.57. The maximum Gasteiger partial charge on any atom is 0.471 e. The summed E-state index contributed by atoms with van der Waals surface area (Å²) in [5.74, 6) is -2.10. The number of rotatable bonds is 4. The highest BCUT2D eigenvalue weighted by molar-refractivity contribution is 5.84. The summed E-state index contributed by atoms with van der Waals surface area (Å²) in [5.41, 5.74) is 3.25. The molecule has 12 heteroatoms. The average molecular weight is 420 g/mol. The molecule has 1 amide bonds. The number of fused-ring (bicyclic) bond motifs is 1. The van der Waals surface area contributed by atoms with Crippen molar-refractivity contribution in [1.29, 1.82) is 0 Å². The number of halogens is 3. The SMILES string of the molecule is O=C(Nc1cnc(-c2noc(C(F)(F)F)n2)nc1)OCc1cnc2c(c1)CCCC2. The number of anilines is 1. The number of carbonyl (C=O) groups excluding carboxylic acids is 1.